The molecule has 0 amide bonds. The van der Waals surface area contributed by atoms with Gasteiger partial charge in [-0.2, -0.15) is 13.2 Å². The highest BCUT2D eigenvalue weighted by atomic mass is 32.2. The molecule has 0 fully saturated rings. The van der Waals surface area contributed by atoms with Crippen molar-refractivity contribution in [3.8, 4) is 10.6 Å². The van der Waals surface area contributed by atoms with Gasteiger partial charge < -0.3 is 10.3 Å². The first kappa shape index (κ1) is 23.3. The molecule has 0 atom stereocenters. The molecule has 0 aliphatic carbocycles. The second-order valence-corrected chi connectivity index (χ2v) is 9.71. The molecule has 1 aromatic heterocycles. The van der Waals surface area contributed by atoms with Crippen LogP contribution in [0.15, 0.2) is 47.4 Å². The molecule has 1 N–H and O–H groups in total. The third kappa shape index (κ3) is 5.22. The van der Waals surface area contributed by atoms with Gasteiger partial charge in [0, 0.05) is 33.1 Å². The van der Waals surface area contributed by atoms with Gasteiger partial charge in [0.2, 0.25) is 5.71 Å². The Bertz CT molecular complexity index is 1230. The van der Waals surface area contributed by atoms with E-state index in [0.29, 0.717) is 28.3 Å². The number of thioether (sulfide) groups is 1. The van der Waals surface area contributed by atoms with E-state index in [0.717, 1.165) is 37.9 Å². The van der Waals surface area contributed by atoms with Crippen LogP contribution >= 0.6 is 23.1 Å². The van der Waals surface area contributed by atoms with Gasteiger partial charge in [-0.05, 0) is 42.8 Å². The van der Waals surface area contributed by atoms with E-state index in [9.17, 15) is 23.2 Å². The summed E-state index contributed by atoms with van der Waals surface area (Å²) in [5.74, 6) is -0.399. The van der Waals surface area contributed by atoms with E-state index >= 15 is 0 Å². The van der Waals surface area contributed by atoms with Crippen molar-refractivity contribution >= 4 is 34.8 Å². The lowest BCUT2D eigenvalue weighted by Crippen LogP contribution is -2.28. The summed E-state index contributed by atoms with van der Waals surface area (Å²) in [5.41, 5.74) is 2.70. The minimum atomic E-state index is -4.37. The van der Waals surface area contributed by atoms with Crippen molar-refractivity contribution in [3.05, 3.63) is 74.9 Å². The van der Waals surface area contributed by atoms with Crippen LogP contribution in [0.3, 0.4) is 0 Å². The summed E-state index contributed by atoms with van der Waals surface area (Å²) in [7, 11) is 0. The number of benzene rings is 2. The van der Waals surface area contributed by atoms with Crippen LogP contribution in [-0.2, 0) is 23.1 Å². The zero-order valence-electron chi connectivity index (χ0n) is 17.5. The van der Waals surface area contributed by atoms with Gasteiger partial charge in [-0.25, -0.2) is 9.72 Å². The number of nitrogens with zero attached hydrogens (tertiary/aromatic N) is 2. The van der Waals surface area contributed by atoms with E-state index < -0.39 is 17.7 Å². The van der Waals surface area contributed by atoms with E-state index in [2.05, 4.69) is 4.98 Å². The van der Waals surface area contributed by atoms with E-state index in [1.54, 1.807) is 17.8 Å². The summed E-state index contributed by atoms with van der Waals surface area (Å²) in [5, 5.41) is 21.8. The van der Waals surface area contributed by atoms with Crippen molar-refractivity contribution in [2.75, 3.05) is 6.54 Å². The second-order valence-electron chi connectivity index (χ2n) is 7.58. The predicted octanol–water partition coefficient (Wildman–Crippen LogP) is 5.76. The lowest BCUT2D eigenvalue weighted by atomic mass is 9.96. The molecule has 1 aliphatic rings. The quantitative estimate of drug-likeness (QED) is 0.269. The first-order chi connectivity index (χ1) is 15.6. The zero-order valence-corrected chi connectivity index (χ0v) is 19.1. The van der Waals surface area contributed by atoms with Crippen molar-refractivity contribution < 1.29 is 27.8 Å². The molecule has 2 aromatic carbocycles. The van der Waals surface area contributed by atoms with Crippen LogP contribution in [0.5, 0.6) is 0 Å². The Labute approximate surface area is 196 Å². The molecule has 4 rings (SSSR count). The maximum absolute atomic E-state index is 12.8. The van der Waals surface area contributed by atoms with Crippen molar-refractivity contribution in [2.45, 2.75) is 36.6 Å². The van der Waals surface area contributed by atoms with Crippen LogP contribution in [0.4, 0.5) is 13.2 Å². The summed E-state index contributed by atoms with van der Waals surface area (Å²) < 4.78 is 39.1. The fraction of sp³-hybridized carbons (Fsp3) is 0.261. The number of alkyl halides is 3. The van der Waals surface area contributed by atoms with Gasteiger partial charge in [0.05, 0.1) is 11.3 Å². The number of aryl methyl sites for hydroxylation is 1. The maximum atomic E-state index is 12.8. The number of hydroxylamine groups is 1. The maximum Gasteiger partial charge on any atom is 0.416 e. The number of carbonyl (C=O) groups is 1. The number of aliphatic carboxylic acids is 1. The topological polar surface area (TPSA) is 76.3 Å². The molecule has 0 saturated carbocycles. The van der Waals surface area contributed by atoms with Crippen molar-refractivity contribution in [2.24, 2.45) is 0 Å². The average molecular weight is 493 g/mol. The largest absolute Gasteiger partial charge is 0.624 e. The monoisotopic (exact) mass is 492 g/mol. The van der Waals surface area contributed by atoms with Crippen LogP contribution in [0, 0.1) is 12.1 Å². The summed E-state index contributed by atoms with van der Waals surface area (Å²) in [6, 6.07) is 10.7. The smallest absolute Gasteiger partial charge is 0.416 e. The van der Waals surface area contributed by atoms with Crippen LogP contribution in [0.1, 0.15) is 33.7 Å². The minimum Gasteiger partial charge on any atom is -0.624 e. The van der Waals surface area contributed by atoms with Gasteiger partial charge in [-0.15, -0.1) is 23.1 Å². The van der Waals surface area contributed by atoms with E-state index in [-0.39, 0.29) is 18.7 Å². The third-order valence-electron chi connectivity index (χ3n) is 5.31. The number of hydrogen-bond acceptors (Lipinski definition) is 5. The number of carboxylic acids is 1. The zero-order chi connectivity index (χ0) is 23.8. The molecule has 0 unspecified atom stereocenters. The molecule has 0 radical (unpaired) electrons. The van der Waals surface area contributed by atoms with Gasteiger partial charge in [0.1, 0.15) is 11.4 Å². The number of halogens is 3. The molecule has 1 aliphatic heterocycles. The highest BCUT2D eigenvalue weighted by molar-refractivity contribution is 7.98. The van der Waals surface area contributed by atoms with E-state index in [4.69, 9.17) is 5.11 Å². The molecule has 172 valence electrons. The van der Waals surface area contributed by atoms with E-state index in [1.807, 2.05) is 19.1 Å². The first-order valence-electron chi connectivity index (χ1n) is 10.0. The number of rotatable bonds is 6. The molecule has 5 nitrogen and oxygen atoms in total. The van der Waals surface area contributed by atoms with Crippen LogP contribution < -0.4 is 0 Å². The normalized spacial score (nSPS) is 13.8. The number of thiazole rings is 1. The highest BCUT2D eigenvalue weighted by Crippen LogP contribution is 2.35. The highest BCUT2D eigenvalue weighted by Gasteiger charge is 2.30. The molecular formula is C23H19F3N2O3S2. The second kappa shape index (κ2) is 9.18. The molecule has 0 saturated heterocycles. The molecule has 2 heterocycles. The predicted molar refractivity (Wildman–Crippen MR) is 122 cm³/mol. The summed E-state index contributed by atoms with van der Waals surface area (Å²) in [6.07, 6.45) is -4.13. The number of fused-ring (bicyclic) bond motifs is 1. The van der Waals surface area contributed by atoms with Crippen molar-refractivity contribution in [1.29, 1.82) is 0 Å². The summed E-state index contributed by atoms with van der Waals surface area (Å²) in [6.45, 7) is 2.11. The van der Waals surface area contributed by atoms with Crippen LogP contribution in [0.25, 0.3) is 10.6 Å². The Balaban J connectivity index is 1.48. The summed E-state index contributed by atoms with van der Waals surface area (Å²) >= 11 is 3.05. The van der Waals surface area contributed by atoms with Crippen LogP contribution in [-0.4, -0.2) is 33.1 Å². The molecular weight excluding hydrogens is 473 g/mol. The third-order valence-corrected chi connectivity index (χ3v) is 7.72. The van der Waals surface area contributed by atoms with Crippen molar-refractivity contribution in [1.82, 2.24) is 4.98 Å². The van der Waals surface area contributed by atoms with Gasteiger partial charge in [-0.3, -0.25) is 4.79 Å². The van der Waals surface area contributed by atoms with Gasteiger partial charge in [0.15, 0.2) is 6.54 Å². The lowest BCUT2D eigenvalue weighted by Gasteiger charge is -2.19. The molecule has 33 heavy (non-hydrogen) atoms. The molecule has 0 bridgehead atoms. The number of carboxylic acid groups (broad SMARTS) is 1. The van der Waals surface area contributed by atoms with Crippen molar-refractivity contribution in [3.63, 3.8) is 0 Å². The summed E-state index contributed by atoms with van der Waals surface area (Å²) in [4.78, 5) is 17.6. The number of hydrogen-bond donors (Lipinski definition) is 1. The molecule has 3 aromatic rings. The Morgan fingerprint density at radius 3 is 2.64 bits per heavy atom. The molecule has 10 heteroatoms. The fourth-order valence-corrected chi connectivity index (χ4v) is 5.77. The Morgan fingerprint density at radius 2 is 1.97 bits per heavy atom. The van der Waals surface area contributed by atoms with Crippen LogP contribution in [0.2, 0.25) is 0 Å². The van der Waals surface area contributed by atoms with Gasteiger partial charge in [-0.1, -0.05) is 12.1 Å². The SMILES string of the molecule is Cc1nc(-c2ccc(C(F)(F)F)cc2)sc1CSc1ccc2c(c1)CC[N+]([O-])=C2CC(=O)O. The number of aromatic nitrogens is 1. The van der Waals surface area contributed by atoms with E-state index in [1.165, 1.54) is 23.5 Å². The fourth-order valence-electron chi connectivity index (χ4n) is 3.60. The Morgan fingerprint density at radius 1 is 1.24 bits per heavy atom. The lowest BCUT2D eigenvalue weighted by molar-refractivity contribution is -0.459. The first-order valence-corrected chi connectivity index (χ1v) is 11.8. The Kier molecular flexibility index (Phi) is 6.49. The van der Waals surface area contributed by atoms with Gasteiger partial charge >= 0.3 is 12.1 Å². The standard InChI is InChI=1S/C23H19F3N2O3S2/c1-13-20(33-22(27-13)14-2-4-16(5-3-14)23(24,25)26)12-32-17-6-7-18-15(10-17)8-9-28(31)19(18)11-21(29)30/h2-7,10H,8-9,11-12H2,1H3,(H,29,30). The average Bonchev–Trinajstić information content (AvgIpc) is 3.14. The Hall–Kier alpha value is -2.85. The molecule has 0 spiro atoms. The van der Waals surface area contributed by atoms with Gasteiger partial charge in [0.25, 0.3) is 0 Å². The minimum absolute atomic E-state index is 0.230.